The van der Waals surface area contributed by atoms with E-state index in [9.17, 15) is 14.5 Å². The second-order valence-corrected chi connectivity index (χ2v) is 12.0. The number of carbonyl (C=O) groups excluding carboxylic acids is 1. The molecule has 44 heavy (non-hydrogen) atoms. The van der Waals surface area contributed by atoms with E-state index in [0.717, 1.165) is 6.20 Å². The van der Waals surface area contributed by atoms with Gasteiger partial charge in [-0.05, 0) is 38.8 Å². The Hall–Kier alpha value is -4.04. The van der Waals surface area contributed by atoms with Gasteiger partial charge in [-0.15, -0.1) is 6.58 Å². The Balaban J connectivity index is 1.40. The number of aliphatic hydroxyl groups is 1. The molecule has 5 rings (SSSR count). The maximum Gasteiger partial charge on any atom is 0.402 e. The van der Waals surface area contributed by atoms with Crippen LogP contribution in [-0.4, -0.2) is 82.8 Å². The first-order chi connectivity index (χ1) is 21.1. The summed E-state index contributed by atoms with van der Waals surface area (Å²) in [5.41, 5.74) is -3.71. The first-order valence-electron chi connectivity index (χ1n) is 14.0. The van der Waals surface area contributed by atoms with Gasteiger partial charge in [0.1, 0.15) is 6.10 Å². The Morgan fingerprint density at radius 2 is 1.86 bits per heavy atom. The van der Waals surface area contributed by atoms with Crippen molar-refractivity contribution in [2.75, 3.05) is 19.8 Å². The lowest BCUT2D eigenvalue weighted by Gasteiger charge is -2.38. The van der Waals surface area contributed by atoms with Crippen molar-refractivity contribution >= 4 is 19.2 Å². The van der Waals surface area contributed by atoms with Crippen molar-refractivity contribution < 1.29 is 37.0 Å². The van der Waals surface area contributed by atoms with Gasteiger partial charge in [-0.2, -0.15) is 23.8 Å². The van der Waals surface area contributed by atoms with Crippen LogP contribution in [0.2, 0.25) is 0 Å². The highest BCUT2D eigenvalue weighted by atomic mass is 31.2. The molecule has 1 saturated heterocycles. The molecular weight excluding hydrogens is 599 g/mol. The molecule has 3 aromatic heterocycles. The van der Waals surface area contributed by atoms with Gasteiger partial charge in [0.05, 0.1) is 61.3 Å². The van der Waals surface area contributed by atoms with Crippen molar-refractivity contribution in [3.63, 3.8) is 0 Å². The van der Waals surface area contributed by atoms with Crippen LogP contribution >= 0.6 is 7.60 Å². The number of piperidine rings is 1. The van der Waals surface area contributed by atoms with Gasteiger partial charge in [0, 0.05) is 12.4 Å². The fraction of sp³-hybridized carbons (Fsp3) is 0.393. The van der Waals surface area contributed by atoms with Gasteiger partial charge in [-0.3, -0.25) is 13.8 Å². The van der Waals surface area contributed by atoms with Gasteiger partial charge in [-0.25, -0.2) is 9.97 Å². The highest BCUT2D eigenvalue weighted by Gasteiger charge is 2.60. The number of benzene rings is 1. The van der Waals surface area contributed by atoms with Gasteiger partial charge in [-0.1, -0.05) is 18.2 Å². The number of aliphatic hydroxyl groups excluding tert-OH is 1. The maximum atomic E-state index is 15.3. The summed E-state index contributed by atoms with van der Waals surface area (Å²) in [6.45, 7) is 6.23. The van der Waals surface area contributed by atoms with E-state index >= 15 is 8.78 Å². The average molecular weight is 632 g/mol. The highest BCUT2D eigenvalue weighted by Crippen LogP contribution is 2.66. The van der Waals surface area contributed by atoms with E-state index in [0.29, 0.717) is 24.1 Å². The summed E-state index contributed by atoms with van der Waals surface area (Å²) in [7, 11) is -5.04. The minimum atomic E-state index is -5.04. The zero-order chi connectivity index (χ0) is 31.5. The number of halogens is 2. The summed E-state index contributed by atoms with van der Waals surface area (Å²) >= 11 is 0. The van der Waals surface area contributed by atoms with Crippen molar-refractivity contribution in [3.05, 3.63) is 79.2 Å². The third kappa shape index (κ3) is 5.75. The summed E-state index contributed by atoms with van der Waals surface area (Å²) < 4.78 is 60.6. The number of fused-ring (bicyclic) bond motifs is 1. The van der Waals surface area contributed by atoms with Gasteiger partial charge in [0.25, 0.3) is 11.8 Å². The number of amides is 1. The lowest BCUT2D eigenvalue weighted by atomic mass is 9.98. The molecule has 1 aliphatic rings. The minimum absolute atomic E-state index is 0.00246. The summed E-state index contributed by atoms with van der Waals surface area (Å²) in [4.78, 5) is 25.2. The largest absolute Gasteiger partial charge is 0.470 e. The van der Waals surface area contributed by atoms with Crippen LogP contribution < -0.4 is 4.74 Å². The fourth-order valence-electron chi connectivity index (χ4n) is 5.09. The van der Waals surface area contributed by atoms with Crippen LogP contribution in [0.5, 0.6) is 5.88 Å². The predicted molar refractivity (Wildman–Crippen MR) is 154 cm³/mol. The van der Waals surface area contributed by atoms with Gasteiger partial charge in [0.2, 0.25) is 5.65 Å². The molecule has 0 saturated carbocycles. The van der Waals surface area contributed by atoms with E-state index in [1.807, 2.05) is 0 Å². The number of alkyl halides is 2. The van der Waals surface area contributed by atoms with E-state index in [2.05, 4.69) is 26.7 Å². The second-order valence-electron chi connectivity index (χ2n) is 9.85. The van der Waals surface area contributed by atoms with E-state index in [1.54, 1.807) is 35.2 Å². The fourth-order valence-corrected chi connectivity index (χ4v) is 6.62. The highest BCUT2D eigenvalue weighted by molar-refractivity contribution is 7.55. The molecule has 0 spiro atoms. The normalized spacial score (nSPS) is 18.3. The maximum absolute atomic E-state index is 15.3. The number of hydrogen-bond acceptors (Lipinski definition) is 10. The van der Waals surface area contributed by atoms with E-state index in [1.165, 1.54) is 47.8 Å². The Morgan fingerprint density at radius 3 is 2.55 bits per heavy atom. The van der Waals surface area contributed by atoms with Gasteiger partial charge in [0.15, 0.2) is 6.10 Å². The number of carbonyl (C=O) groups is 1. The molecular formula is C28H32F2N7O6P. The molecule has 1 fully saturated rings. The molecule has 0 aliphatic carbocycles. The second kappa shape index (κ2) is 12.9. The Bertz CT molecular complexity index is 1660. The SMILES string of the molecule is C=C[C@@H]1CC[C@@H](Oc2nccn3c(C(O)C(F)(F)P(=O)(OCC)OCC)cnc23)CN1C(=O)c1ccccc1-n1nccn1. The van der Waals surface area contributed by atoms with Crippen LogP contribution in [0.25, 0.3) is 11.3 Å². The lowest BCUT2D eigenvalue weighted by Crippen LogP contribution is -2.49. The van der Waals surface area contributed by atoms with Crippen LogP contribution in [0.1, 0.15) is 48.8 Å². The molecule has 1 unspecified atom stereocenters. The first-order valence-corrected chi connectivity index (χ1v) is 15.5. The number of likely N-dealkylation sites (tertiary alicyclic amines) is 1. The summed E-state index contributed by atoms with van der Waals surface area (Å²) in [5, 5.41) is 19.0. The van der Waals surface area contributed by atoms with Crippen molar-refractivity contribution in [3.8, 4) is 11.6 Å². The zero-order valence-corrected chi connectivity index (χ0v) is 25.0. The number of imidazole rings is 1. The molecule has 1 amide bonds. The topological polar surface area (TPSA) is 146 Å². The lowest BCUT2D eigenvalue weighted by molar-refractivity contribution is -0.0698. The van der Waals surface area contributed by atoms with E-state index < -0.39 is 25.5 Å². The Labute approximate surface area is 251 Å². The molecule has 1 N–H and O–H groups in total. The molecule has 1 aromatic carbocycles. The van der Waals surface area contributed by atoms with Gasteiger partial charge < -0.3 is 23.8 Å². The molecule has 3 atom stereocenters. The number of rotatable bonds is 12. The summed E-state index contributed by atoms with van der Waals surface area (Å²) in [5.74, 6) is -0.272. The number of hydrogen-bond donors (Lipinski definition) is 1. The van der Waals surface area contributed by atoms with Crippen LogP contribution in [0.15, 0.2) is 67.9 Å². The molecule has 0 bridgehead atoms. The molecule has 0 radical (unpaired) electrons. The number of para-hydroxylation sites is 1. The molecule has 234 valence electrons. The molecule has 4 heterocycles. The Kier molecular flexibility index (Phi) is 9.20. The number of aromatic nitrogens is 6. The third-order valence-electron chi connectivity index (χ3n) is 7.16. The Morgan fingerprint density at radius 1 is 1.16 bits per heavy atom. The van der Waals surface area contributed by atoms with E-state index in [-0.39, 0.29) is 48.9 Å². The standard InChI is InChI=1S/C28H32F2N7O6P/c1-4-19-11-12-20(18-36(19)27(39)21-9-7-8-10-22(21)37-33-13-14-34-37)43-26-25-32-17-23(35(25)16-15-31-26)24(38)28(29,30)44(40,41-5-2)42-6-3/h4,7-10,13-17,19-20,24,38H,1,5-6,11-12,18H2,2-3H3/t19-,20-,24?/m1/s1. The first kappa shape index (κ1) is 31.4. The van der Waals surface area contributed by atoms with Crippen LogP contribution in [0, 0.1) is 0 Å². The summed E-state index contributed by atoms with van der Waals surface area (Å²) in [6.07, 6.45) is 6.33. The van der Waals surface area contributed by atoms with Crippen molar-refractivity contribution in [2.24, 2.45) is 0 Å². The van der Waals surface area contributed by atoms with Crippen LogP contribution in [-0.2, 0) is 13.6 Å². The smallest absolute Gasteiger partial charge is 0.402 e. The third-order valence-corrected chi connectivity index (χ3v) is 9.33. The minimum Gasteiger partial charge on any atom is -0.470 e. The monoisotopic (exact) mass is 631 g/mol. The molecule has 13 nitrogen and oxygen atoms in total. The molecule has 16 heteroatoms. The predicted octanol–water partition coefficient (Wildman–Crippen LogP) is 4.44. The quantitative estimate of drug-likeness (QED) is 0.176. The number of ether oxygens (including phenoxy) is 1. The molecule has 4 aromatic rings. The average Bonchev–Trinajstić information content (AvgIpc) is 3.72. The number of nitrogens with zero attached hydrogens (tertiary/aromatic N) is 7. The van der Waals surface area contributed by atoms with E-state index in [4.69, 9.17) is 13.8 Å². The van der Waals surface area contributed by atoms with Crippen molar-refractivity contribution in [1.82, 2.24) is 34.3 Å². The van der Waals surface area contributed by atoms with Gasteiger partial charge >= 0.3 is 13.3 Å². The molecule has 1 aliphatic heterocycles. The van der Waals surface area contributed by atoms with Crippen LogP contribution in [0.3, 0.4) is 0 Å². The zero-order valence-electron chi connectivity index (χ0n) is 24.1. The summed E-state index contributed by atoms with van der Waals surface area (Å²) in [6, 6.07) is 6.70. The van der Waals surface area contributed by atoms with Crippen molar-refractivity contribution in [1.29, 1.82) is 0 Å². The van der Waals surface area contributed by atoms with Crippen molar-refractivity contribution in [2.45, 2.75) is 50.6 Å². The van der Waals surface area contributed by atoms with Crippen LogP contribution in [0.4, 0.5) is 8.78 Å².